The minimum atomic E-state index is -5.43. The summed E-state index contributed by atoms with van der Waals surface area (Å²) in [6.45, 7) is 8.97. The second-order valence-electron chi connectivity index (χ2n) is 14.9. The van der Waals surface area contributed by atoms with Crippen molar-refractivity contribution in [2.24, 2.45) is 46.2 Å². The van der Waals surface area contributed by atoms with Crippen LogP contribution in [0, 0.1) is 40.4 Å². The maximum atomic E-state index is 13.0. The highest BCUT2D eigenvalue weighted by Gasteiger charge is 2.67. The van der Waals surface area contributed by atoms with Crippen LogP contribution in [0.5, 0.6) is 0 Å². The first-order valence-corrected chi connectivity index (χ1v) is 19.1. The van der Waals surface area contributed by atoms with Crippen LogP contribution < -0.4 is 5.73 Å². The molecule has 4 aliphatic carbocycles. The molecule has 0 radical (unpaired) electrons. The highest BCUT2D eigenvalue weighted by Crippen LogP contribution is 2.70. The van der Waals surface area contributed by atoms with E-state index in [2.05, 4.69) is 10.9 Å². The molecule has 4 saturated carbocycles. The number of carboxylic acids is 1. The topological polar surface area (TPSA) is 256 Å². The lowest BCUT2D eigenvalue weighted by Crippen LogP contribution is -2.65. The average molecular weight is 726 g/mol. The fraction of sp³-hybridized carbons (Fsp3) is 0.867. The Morgan fingerprint density at radius 1 is 1.12 bits per heavy atom. The van der Waals surface area contributed by atoms with Crippen molar-refractivity contribution < 1.29 is 69.2 Å². The number of carbonyl (C=O) groups excluding carboxylic acids is 1. The SMILES string of the molecule is C=C1C2CCC3C4(C)CC(O[C@H]5O[C@H](CN)[C@@H](S(=O)(=O)OO)[C@@H](OS(=O)(=O)O)C5OC(=O)CC(C)C)CC(C(=O)O)C4CCC3(C2)[C@H]1O. The predicted octanol–water partition coefficient (Wildman–Crippen LogP) is 1.63. The van der Waals surface area contributed by atoms with Gasteiger partial charge in [-0.2, -0.15) is 16.8 Å². The smallest absolute Gasteiger partial charge is 0.397 e. The van der Waals surface area contributed by atoms with Crippen molar-refractivity contribution in [2.45, 2.75) is 114 Å². The van der Waals surface area contributed by atoms with Crippen molar-refractivity contribution >= 4 is 32.5 Å². The van der Waals surface area contributed by atoms with Crippen molar-refractivity contribution in [1.82, 2.24) is 0 Å². The molecular weight excluding hydrogens is 678 g/mol. The number of aliphatic hydroxyl groups is 1. The minimum Gasteiger partial charge on any atom is -0.481 e. The van der Waals surface area contributed by atoms with Crippen LogP contribution in [0.15, 0.2) is 12.2 Å². The summed E-state index contributed by atoms with van der Waals surface area (Å²) in [5, 5.41) is 28.9. The van der Waals surface area contributed by atoms with Crippen LogP contribution in [0.25, 0.3) is 0 Å². The van der Waals surface area contributed by atoms with Gasteiger partial charge in [0.1, 0.15) is 11.4 Å². The molecule has 6 N–H and O–H groups in total. The molecule has 274 valence electrons. The first-order chi connectivity index (χ1) is 22.3. The number of fused-ring (bicyclic) bond motifs is 3. The standard InChI is InChI=1S/C30H47NO15S2/c1-14(2)9-22(32)44-24-23(45-48(39,40)41)25(47(37,38)46-36)20(13-31)43-28(24)42-17-10-18(27(34)35)19-7-8-30-11-16(15(3)26(30)33)5-6-21(30)29(19,4)12-17/h14,16-21,23-26,28,33,36H,3,5-13,31H2,1-2,4H3,(H,34,35)(H,39,40,41)/t16?,17?,18?,19?,20-,21?,23+,24?,25-,26+,28+,29?,30?/m1/s1. The Bertz CT molecular complexity index is 1490. The summed E-state index contributed by atoms with van der Waals surface area (Å²) in [5.74, 6) is -3.20. The summed E-state index contributed by atoms with van der Waals surface area (Å²) in [6.07, 6.45) is -5.63. The van der Waals surface area contributed by atoms with E-state index in [4.69, 9.17) is 24.1 Å². The normalized spacial score (nSPS) is 43.0. The number of carboxylic acid groups (broad SMARTS) is 1. The van der Waals surface area contributed by atoms with Crippen LogP contribution in [0.4, 0.5) is 0 Å². The van der Waals surface area contributed by atoms with Crippen LogP contribution in [-0.2, 0) is 52.8 Å². The molecule has 0 amide bonds. The Morgan fingerprint density at radius 3 is 2.40 bits per heavy atom. The van der Waals surface area contributed by atoms with Gasteiger partial charge in [0.05, 0.1) is 24.2 Å². The highest BCUT2D eigenvalue weighted by atomic mass is 32.3. The third kappa shape index (κ3) is 6.69. The average Bonchev–Trinajstić information content (AvgIpc) is 3.15. The van der Waals surface area contributed by atoms with E-state index in [9.17, 15) is 46.4 Å². The first-order valence-electron chi connectivity index (χ1n) is 16.3. The molecule has 5 fully saturated rings. The van der Waals surface area contributed by atoms with Crippen molar-refractivity contribution in [3.63, 3.8) is 0 Å². The Morgan fingerprint density at radius 2 is 1.81 bits per heavy atom. The van der Waals surface area contributed by atoms with E-state index in [0.29, 0.717) is 19.3 Å². The molecule has 0 aromatic heterocycles. The molecular formula is C30H47NO15S2. The second-order valence-corrected chi connectivity index (χ2v) is 17.6. The number of ether oxygens (including phenoxy) is 3. The Hall–Kier alpha value is -1.74. The van der Waals surface area contributed by atoms with E-state index in [-0.39, 0.29) is 36.5 Å². The summed E-state index contributed by atoms with van der Waals surface area (Å²) in [7, 11) is -10.6. The summed E-state index contributed by atoms with van der Waals surface area (Å²) >= 11 is 0. The van der Waals surface area contributed by atoms with Gasteiger partial charge in [0, 0.05) is 18.4 Å². The van der Waals surface area contributed by atoms with Gasteiger partial charge < -0.3 is 30.2 Å². The van der Waals surface area contributed by atoms with Crippen LogP contribution in [0.2, 0.25) is 0 Å². The molecule has 5 rings (SSSR count). The number of aliphatic carboxylic acids is 1. The number of hydrogen-bond donors (Lipinski definition) is 5. The van der Waals surface area contributed by atoms with E-state index in [1.54, 1.807) is 13.8 Å². The van der Waals surface area contributed by atoms with Gasteiger partial charge in [-0.3, -0.25) is 14.1 Å². The summed E-state index contributed by atoms with van der Waals surface area (Å²) in [4.78, 5) is 25.7. The summed E-state index contributed by atoms with van der Waals surface area (Å²) < 4.78 is 85.6. The molecule has 8 unspecified atom stereocenters. The van der Waals surface area contributed by atoms with E-state index >= 15 is 0 Å². The van der Waals surface area contributed by atoms with Crippen molar-refractivity contribution in [3.8, 4) is 0 Å². The predicted molar refractivity (Wildman–Crippen MR) is 164 cm³/mol. The van der Waals surface area contributed by atoms with Crippen LogP contribution >= 0.6 is 0 Å². The first kappa shape index (κ1) is 37.5. The molecule has 16 nitrogen and oxygen atoms in total. The van der Waals surface area contributed by atoms with Gasteiger partial charge in [0.25, 0.3) is 0 Å². The monoisotopic (exact) mass is 725 g/mol. The molecule has 18 heteroatoms. The maximum Gasteiger partial charge on any atom is 0.397 e. The maximum absolute atomic E-state index is 13.0. The number of esters is 1. The lowest BCUT2D eigenvalue weighted by Gasteiger charge is -2.62. The van der Waals surface area contributed by atoms with E-state index in [0.717, 1.165) is 24.8 Å². The fourth-order valence-corrected chi connectivity index (χ4v) is 11.8. The van der Waals surface area contributed by atoms with E-state index in [1.165, 1.54) is 0 Å². The minimum absolute atomic E-state index is 0.00168. The molecule has 0 aromatic carbocycles. The van der Waals surface area contributed by atoms with E-state index in [1.807, 2.05) is 6.92 Å². The summed E-state index contributed by atoms with van der Waals surface area (Å²) in [6, 6.07) is 0. The number of carbonyl (C=O) groups is 2. The Balaban J connectivity index is 1.53. The van der Waals surface area contributed by atoms with Gasteiger partial charge in [-0.25, -0.2) is 9.44 Å². The quantitative estimate of drug-likeness (QED) is 0.0506. The molecule has 1 aliphatic heterocycles. The highest BCUT2D eigenvalue weighted by molar-refractivity contribution is 7.87. The zero-order chi connectivity index (χ0) is 35.6. The molecule has 0 aromatic rings. The lowest BCUT2D eigenvalue weighted by atomic mass is 9.43. The molecule has 5 aliphatic rings. The Labute approximate surface area is 280 Å². The summed E-state index contributed by atoms with van der Waals surface area (Å²) in [5.41, 5.74) is 5.52. The molecule has 1 heterocycles. The second kappa shape index (κ2) is 13.4. The largest absolute Gasteiger partial charge is 0.481 e. The van der Waals surface area contributed by atoms with Crippen molar-refractivity contribution in [1.29, 1.82) is 0 Å². The number of nitrogens with two attached hydrogens (primary N) is 1. The van der Waals surface area contributed by atoms with Gasteiger partial charge in [0.2, 0.25) is 0 Å². The third-order valence-corrected chi connectivity index (χ3v) is 13.7. The van der Waals surface area contributed by atoms with Crippen LogP contribution in [-0.4, -0.2) is 97.4 Å². The fourth-order valence-electron chi connectivity index (χ4n) is 10.0. The van der Waals surface area contributed by atoms with Crippen molar-refractivity contribution in [2.75, 3.05) is 6.54 Å². The van der Waals surface area contributed by atoms with E-state index < -0.39 is 97.8 Å². The Kier molecular flexibility index (Phi) is 10.5. The molecule has 2 bridgehead atoms. The number of hydrogen-bond acceptors (Lipinski definition) is 14. The van der Waals surface area contributed by atoms with Gasteiger partial charge in [0.15, 0.2) is 12.4 Å². The third-order valence-electron chi connectivity index (χ3n) is 11.8. The molecule has 1 spiro atoms. The van der Waals surface area contributed by atoms with Gasteiger partial charge >= 0.3 is 32.5 Å². The van der Waals surface area contributed by atoms with Gasteiger partial charge in [-0.05, 0) is 79.6 Å². The van der Waals surface area contributed by atoms with Crippen LogP contribution in [0.3, 0.4) is 0 Å². The zero-order valence-corrected chi connectivity index (χ0v) is 28.8. The molecule has 48 heavy (non-hydrogen) atoms. The number of rotatable bonds is 11. The molecule has 1 saturated heterocycles. The lowest BCUT2D eigenvalue weighted by molar-refractivity contribution is -0.293. The van der Waals surface area contributed by atoms with Crippen molar-refractivity contribution in [3.05, 3.63) is 12.2 Å². The van der Waals surface area contributed by atoms with Gasteiger partial charge in [-0.1, -0.05) is 27.4 Å². The van der Waals surface area contributed by atoms with Crippen LogP contribution in [0.1, 0.15) is 72.1 Å². The van der Waals surface area contributed by atoms with Gasteiger partial charge in [-0.15, -0.1) is 4.33 Å². The number of aliphatic hydroxyl groups excluding tert-OH is 1. The zero-order valence-electron chi connectivity index (χ0n) is 27.2. The molecule has 13 atom stereocenters.